The van der Waals surface area contributed by atoms with E-state index in [1.165, 1.54) is 17.6 Å². The zero-order valence-electron chi connectivity index (χ0n) is 33.3. The van der Waals surface area contributed by atoms with Crippen LogP contribution in [-0.4, -0.2) is 92.0 Å². The van der Waals surface area contributed by atoms with Crippen molar-refractivity contribution in [3.8, 4) is 0 Å². The molecule has 0 bridgehead atoms. The lowest BCUT2D eigenvalue weighted by atomic mass is 9.80. The van der Waals surface area contributed by atoms with E-state index in [-0.39, 0.29) is 24.7 Å². The van der Waals surface area contributed by atoms with Crippen LogP contribution >= 0.6 is 0 Å². The van der Waals surface area contributed by atoms with Crippen molar-refractivity contribution in [3.05, 3.63) is 54.1 Å². The molecule has 1 aliphatic rings. The second-order valence-electron chi connectivity index (χ2n) is 16.3. The first-order valence-corrected chi connectivity index (χ1v) is 19.9. The number of unbranched alkanes of at least 4 members (excludes halogenated alkanes) is 1. The minimum Gasteiger partial charge on any atom is -0.465 e. The average Bonchev–Trinajstić information content (AvgIpc) is 3.63. The van der Waals surface area contributed by atoms with Gasteiger partial charge in [0, 0.05) is 37.8 Å². The topological polar surface area (TPSA) is 186 Å². The number of nitrogens with zero attached hydrogens (tertiary/aromatic N) is 2. The number of benzene rings is 1. The van der Waals surface area contributed by atoms with Gasteiger partial charge in [0.15, 0.2) is 0 Å². The van der Waals surface area contributed by atoms with Crippen LogP contribution in [0.15, 0.2) is 42.9 Å². The number of aromatic nitrogens is 2. The third-order valence-corrected chi connectivity index (χ3v) is 10.3. The molecule has 1 heterocycles. The van der Waals surface area contributed by atoms with Crippen molar-refractivity contribution in [1.82, 2.24) is 30.8 Å². The molecule has 4 amide bonds. The molecule has 0 spiro atoms. The van der Waals surface area contributed by atoms with Crippen molar-refractivity contribution in [2.24, 2.45) is 17.8 Å². The number of ether oxygens (including phenoxy) is 1. The van der Waals surface area contributed by atoms with Crippen molar-refractivity contribution >= 4 is 24.0 Å². The van der Waals surface area contributed by atoms with E-state index in [4.69, 9.17) is 4.74 Å². The first-order valence-electron chi connectivity index (χ1n) is 19.9. The molecule has 54 heavy (non-hydrogen) atoms. The Morgan fingerprint density at radius 3 is 2.22 bits per heavy atom. The number of alkyl carbamates (subject to hydrolysis) is 1. The van der Waals surface area contributed by atoms with Gasteiger partial charge < -0.3 is 40.8 Å². The maximum Gasteiger partial charge on any atom is 0.408 e. The Balaban J connectivity index is 1.84. The van der Waals surface area contributed by atoms with E-state index in [1.54, 1.807) is 27.0 Å². The Labute approximate surface area is 321 Å². The normalized spacial score (nSPS) is 16.4. The number of amides is 4. The van der Waals surface area contributed by atoms with Gasteiger partial charge in [-0.05, 0) is 69.8 Å². The highest BCUT2D eigenvalue weighted by Gasteiger charge is 2.34. The lowest BCUT2D eigenvalue weighted by Gasteiger charge is -2.34. The van der Waals surface area contributed by atoms with E-state index in [1.807, 2.05) is 37.3 Å². The molecule has 2 aromatic rings. The lowest BCUT2D eigenvalue weighted by Crippen LogP contribution is -2.57. The predicted molar refractivity (Wildman–Crippen MR) is 209 cm³/mol. The van der Waals surface area contributed by atoms with Gasteiger partial charge in [-0.25, -0.2) is 14.6 Å². The average molecular weight is 755 g/mol. The highest BCUT2D eigenvalue weighted by atomic mass is 16.6. The van der Waals surface area contributed by atoms with Gasteiger partial charge in [0.2, 0.25) is 11.8 Å². The maximum atomic E-state index is 14.3. The van der Waals surface area contributed by atoms with Crippen LogP contribution in [0.3, 0.4) is 0 Å². The van der Waals surface area contributed by atoms with Gasteiger partial charge in [-0.1, -0.05) is 89.6 Å². The van der Waals surface area contributed by atoms with Crippen LogP contribution in [0.25, 0.3) is 0 Å². The van der Waals surface area contributed by atoms with Crippen molar-refractivity contribution < 1.29 is 34.1 Å². The van der Waals surface area contributed by atoms with E-state index in [0.717, 1.165) is 44.1 Å². The third kappa shape index (κ3) is 16.1. The highest BCUT2D eigenvalue weighted by molar-refractivity contribution is 5.91. The second-order valence-corrected chi connectivity index (χ2v) is 16.3. The number of carbonyl (C=O) groups excluding carboxylic acids is 3. The quantitative estimate of drug-likeness (QED) is 0.0867. The van der Waals surface area contributed by atoms with E-state index in [0.29, 0.717) is 44.0 Å². The monoisotopic (exact) mass is 754 g/mol. The Bertz CT molecular complexity index is 1410. The predicted octanol–water partition coefficient (Wildman–Crippen LogP) is 6.22. The zero-order valence-corrected chi connectivity index (χ0v) is 33.3. The zero-order chi connectivity index (χ0) is 39.7. The van der Waals surface area contributed by atoms with Crippen LogP contribution in [0.5, 0.6) is 0 Å². The molecule has 6 N–H and O–H groups in total. The van der Waals surface area contributed by atoms with Crippen LogP contribution in [0.4, 0.5) is 9.59 Å². The number of aliphatic hydroxyl groups is 1. The van der Waals surface area contributed by atoms with Crippen LogP contribution in [0, 0.1) is 17.8 Å². The van der Waals surface area contributed by atoms with Crippen molar-refractivity contribution in [2.45, 2.75) is 148 Å². The van der Waals surface area contributed by atoms with Gasteiger partial charge in [0.1, 0.15) is 17.7 Å². The number of nitrogens with one attached hydrogen (secondary N) is 4. The van der Waals surface area contributed by atoms with E-state index in [2.05, 4.69) is 39.8 Å². The van der Waals surface area contributed by atoms with E-state index < -0.39 is 53.8 Å². The van der Waals surface area contributed by atoms with Gasteiger partial charge in [0.25, 0.3) is 0 Å². The van der Waals surface area contributed by atoms with Gasteiger partial charge in [-0.2, -0.15) is 0 Å². The molecule has 1 aliphatic carbocycles. The van der Waals surface area contributed by atoms with Gasteiger partial charge >= 0.3 is 12.2 Å². The van der Waals surface area contributed by atoms with Crippen LogP contribution in [0.1, 0.15) is 117 Å². The summed E-state index contributed by atoms with van der Waals surface area (Å²) in [6, 6.07) is 6.60. The van der Waals surface area contributed by atoms with Crippen LogP contribution < -0.4 is 16.0 Å². The molecule has 0 saturated heterocycles. The fraction of sp³-hybridized carbons (Fsp3) is 0.683. The van der Waals surface area contributed by atoms with Crippen molar-refractivity contribution in [1.29, 1.82) is 0 Å². The van der Waals surface area contributed by atoms with Crippen molar-refractivity contribution in [2.75, 3.05) is 13.1 Å². The molecule has 1 unspecified atom stereocenters. The molecule has 13 heteroatoms. The Morgan fingerprint density at radius 1 is 0.963 bits per heavy atom. The van der Waals surface area contributed by atoms with Gasteiger partial charge in [-0.3, -0.25) is 9.59 Å². The molecule has 1 saturated carbocycles. The molecule has 1 aromatic carbocycles. The largest absolute Gasteiger partial charge is 0.465 e. The maximum absolute atomic E-state index is 14.3. The van der Waals surface area contributed by atoms with E-state index in [9.17, 15) is 29.4 Å². The standard InChI is InChI=1S/C41H66N6O7/c1-7-8-20-47(40(52)53)21-19-31(28(2)3)24-36(48)33(22-29-15-11-9-12-16-29)44-38(50)35(25-32-26-42-27-43-32)45-37(49)34(23-30-17-13-10-14-18-30)46-39(51)54-41(4,5)6/h10,13-14,17-18,26-29,31,33-36,48H,7-9,11-12,15-16,19-25H2,1-6H3,(H,42,43)(H,44,50)(H,45,49)(H,46,51)(H,52,53)/t31-,33-,34-,35?,36-/m0/s1. The number of aliphatic hydroxyl groups excluding tert-OH is 1. The fourth-order valence-corrected chi connectivity index (χ4v) is 7.16. The Morgan fingerprint density at radius 2 is 1.63 bits per heavy atom. The Hall–Kier alpha value is -4.13. The highest BCUT2D eigenvalue weighted by Crippen LogP contribution is 2.30. The summed E-state index contributed by atoms with van der Waals surface area (Å²) in [4.78, 5) is 61.7. The number of rotatable bonds is 21. The second kappa shape index (κ2) is 22.3. The van der Waals surface area contributed by atoms with Crippen LogP contribution in [-0.2, 0) is 27.2 Å². The smallest absolute Gasteiger partial charge is 0.408 e. The fourth-order valence-electron chi connectivity index (χ4n) is 7.16. The molecular weight excluding hydrogens is 688 g/mol. The minimum atomic E-state index is -1.05. The molecule has 1 fully saturated rings. The molecule has 13 nitrogen and oxygen atoms in total. The number of hydrogen-bond donors (Lipinski definition) is 6. The molecule has 3 rings (SSSR count). The van der Waals surface area contributed by atoms with Crippen molar-refractivity contribution in [3.63, 3.8) is 0 Å². The number of carbonyl (C=O) groups is 4. The summed E-state index contributed by atoms with van der Waals surface area (Å²) in [5.74, 6) is -0.473. The Kier molecular flexibility index (Phi) is 18.3. The molecule has 1 aromatic heterocycles. The summed E-state index contributed by atoms with van der Waals surface area (Å²) >= 11 is 0. The lowest BCUT2D eigenvalue weighted by molar-refractivity contribution is -0.131. The minimum absolute atomic E-state index is 0.0207. The summed E-state index contributed by atoms with van der Waals surface area (Å²) in [7, 11) is 0. The number of carboxylic acid groups (broad SMARTS) is 1. The number of hydrogen-bond acceptors (Lipinski definition) is 7. The summed E-state index contributed by atoms with van der Waals surface area (Å²) in [6.45, 7) is 12.3. The summed E-state index contributed by atoms with van der Waals surface area (Å²) in [5.41, 5.74) is 0.662. The number of H-pyrrole nitrogens is 1. The molecule has 0 aliphatic heterocycles. The van der Waals surface area contributed by atoms with E-state index >= 15 is 0 Å². The van der Waals surface area contributed by atoms with Gasteiger partial charge in [-0.15, -0.1) is 0 Å². The first kappa shape index (κ1) is 44.3. The van der Waals surface area contributed by atoms with Gasteiger partial charge in [0.05, 0.1) is 18.5 Å². The number of aromatic amines is 1. The first-order chi connectivity index (χ1) is 25.6. The molecular formula is C41H66N6O7. The molecule has 0 radical (unpaired) electrons. The SMILES string of the molecule is CCCCN(CC[C@@H](C[C@H](O)[C@H](CC1CCCCC1)NC(=O)C(Cc1cnc[nH]1)NC(=O)[C@H](Cc1ccccc1)NC(=O)OC(C)(C)C)C(C)C)C(=O)O. The number of imidazole rings is 1. The summed E-state index contributed by atoms with van der Waals surface area (Å²) in [6.07, 6.45) is 9.47. The molecule has 302 valence electrons. The molecule has 5 atom stereocenters. The van der Waals surface area contributed by atoms with Crippen LogP contribution in [0.2, 0.25) is 0 Å². The third-order valence-electron chi connectivity index (χ3n) is 10.3. The summed E-state index contributed by atoms with van der Waals surface area (Å²) < 4.78 is 5.47. The summed E-state index contributed by atoms with van der Waals surface area (Å²) in [5, 5.41) is 30.4.